The lowest BCUT2D eigenvalue weighted by Crippen LogP contribution is -2.38. The SMILES string of the molecule is CC1(C(N)=O)CCN(C(=O)c2csc(C#CCCO)c2)C1. The van der Waals surface area contributed by atoms with Crippen LogP contribution >= 0.6 is 11.3 Å². The van der Waals surface area contributed by atoms with Crippen LogP contribution in [0.3, 0.4) is 0 Å². The van der Waals surface area contributed by atoms with Gasteiger partial charge in [0, 0.05) is 24.9 Å². The fourth-order valence-corrected chi connectivity index (χ4v) is 2.99. The molecular formula is C15H18N2O3S. The molecule has 0 aliphatic carbocycles. The van der Waals surface area contributed by atoms with E-state index >= 15 is 0 Å². The van der Waals surface area contributed by atoms with Crippen LogP contribution in [0.4, 0.5) is 0 Å². The second-order valence-electron chi connectivity index (χ2n) is 5.38. The van der Waals surface area contributed by atoms with E-state index in [1.807, 2.05) is 0 Å². The zero-order valence-electron chi connectivity index (χ0n) is 11.9. The molecule has 2 rings (SSSR count). The van der Waals surface area contributed by atoms with Gasteiger partial charge in [0.1, 0.15) is 0 Å². The van der Waals surface area contributed by atoms with E-state index in [0.29, 0.717) is 31.5 Å². The first-order valence-electron chi connectivity index (χ1n) is 6.74. The Morgan fingerprint density at radius 2 is 2.33 bits per heavy atom. The number of aliphatic hydroxyl groups is 1. The Morgan fingerprint density at radius 1 is 1.57 bits per heavy atom. The average Bonchev–Trinajstić information content (AvgIpc) is 3.06. The number of primary amides is 1. The van der Waals surface area contributed by atoms with Gasteiger partial charge in [0.05, 0.1) is 22.5 Å². The summed E-state index contributed by atoms with van der Waals surface area (Å²) in [4.78, 5) is 26.3. The molecule has 1 fully saturated rings. The monoisotopic (exact) mass is 306 g/mol. The predicted molar refractivity (Wildman–Crippen MR) is 80.7 cm³/mol. The van der Waals surface area contributed by atoms with Gasteiger partial charge >= 0.3 is 0 Å². The smallest absolute Gasteiger partial charge is 0.254 e. The molecule has 0 saturated carbocycles. The van der Waals surface area contributed by atoms with E-state index < -0.39 is 5.41 Å². The van der Waals surface area contributed by atoms with Crippen LogP contribution in [0.5, 0.6) is 0 Å². The molecule has 6 heteroatoms. The molecule has 0 spiro atoms. The third-order valence-corrected chi connectivity index (χ3v) is 4.50. The third kappa shape index (κ3) is 3.43. The van der Waals surface area contributed by atoms with Crippen molar-refractivity contribution in [1.82, 2.24) is 4.90 Å². The Bertz CT molecular complexity index is 614. The summed E-state index contributed by atoms with van der Waals surface area (Å²) in [5, 5.41) is 10.4. The molecule has 1 aromatic heterocycles. The number of nitrogens with zero attached hydrogens (tertiary/aromatic N) is 1. The molecule has 21 heavy (non-hydrogen) atoms. The number of carbonyl (C=O) groups excluding carboxylic acids is 2. The molecule has 1 atom stereocenters. The number of carbonyl (C=O) groups is 2. The Kier molecular flexibility index (Phi) is 4.66. The number of hydrogen-bond donors (Lipinski definition) is 2. The number of hydrogen-bond acceptors (Lipinski definition) is 4. The van der Waals surface area contributed by atoms with Gasteiger partial charge in [0.15, 0.2) is 0 Å². The molecule has 1 aliphatic rings. The van der Waals surface area contributed by atoms with Gasteiger partial charge in [0.2, 0.25) is 5.91 Å². The van der Waals surface area contributed by atoms with Crippen LogP contribution in [0.2, 0.25) is 0 Å². The van der Waals surface area contributed by atoms with Gasteiger partial charge in [-0.05, 0) is 19.4 Å². The summed E-state index contributed by atoms with van der Waals surface area (Å²) in [5.41, 5.74) is 5.35. The van der Waals surface area contributed by atoms with Crippen LogP contribution in [-0.4, -0.2) is 41.5 Å². The van der Waals surface area contributed by atoms with E-state index in [-0.39, 0.29) is 18.4 Å². The lowest BCUT2D eigenvalue weighted by molar-refractivity contribution is -0.126. The molecule has 112 valence electrons. The number of amides is 2. The second-order valence-corrected chi connectivity index (χ2v) is 6.29. The van der Waals surface area contributed by atoms with Crippen molar-refractivity contribution in [2.75, 3.05) is 19.7 Å². The maximum Gasteiger partial charge on any atom is 0.254 e. The minimum Gasteiger partial charge on any atom is -0.395 e. The molecule has 5 nitrogen and oxygen atoms in total. The Balaban J connectivity index is 2.05. The van der Waals surface area contributed by atoms with Gasteiger partial charge in [0.25, 0.3) is 5.91 Å². The predicted octanol–water partition coefficient (Wildman–Crippen LogP) is 0.819. The summed E-state index contributed by atoms with van der Waals surface area (Å²) in [5.74, 6) is 5.28. The van der Waals surface area contributed by atoms with Crippen LogP contribution in [0.15, 0.2) is 11.4 Å². The van der Waals surface area contributed by atoms with Gasteiger partial charge in [-0.15, -0.1) is 11.3 Å². The molecule has 0 aromatic carbocycles. The fraction of sp³-hybridized carbons (Fsp3) is 0.467. The maximum atomic E-state index is 12.4. The van der Waals surface area contributed by atoms with E-state index in [9.17, 15) is 9.59 Å². The molecule has 0 bridgehead atoms. The maximum absolute atomic E-state index is 12.4. The Hall–Kier alpha value is -1.84. The summed E-state index contributed by atoms with van der Waals surface area (Å²) in [7, 11) is 0. The van der Waals surface area contributed by atoms with Crippen molar-refractivity contribution < 1.29 is 14.7 Å². The highest BCUT2D eigenvalue weighted by atomic mass is 32.1. The molecule has 1 aliphatic heterocycles. The van der Waals surface area contributed by atoms with E-state index in [1.54, 1.807) is 23.3 Å². The largest absolute Gasteiger partial charge is 0.395 e. The molecule has 1 saturated heterocycles. The molecule has 1 unspecified atom stereocenters. The van der Waals surface area contributed by atoms with Gasteiger partial charge < -0.3 is 15.7 Å². The van der Waals surface area contributed by atoms with Crippen LogP contribution < -0.4 is 5.73 Å². The topological polar surface area (TPSA) is 83.6 Å². The number of rotatable bonds is 3. The normalized spacial score (nSPS) is 21.0. The first kappa shape index (κ1) is 15.5. The molecule has 1 aromatic rings. The van der Waals surface area contributed by atoms with Gasteiger partial charge in [-0.1, -0.05) is 11.8 Å². The van der Waals surface area contributed by atoms with Crippen LogP contribution in [0.25, 0.3) is 0 Å². The molecule has 0 radical (unpaired) electrons. The van der Waals surface area contributed by atoms with E-state index in [0.717, 1.165) is 4.88 Å². The zero-order chi connectivity index (χ0) is 15.5. The van der Waals surface area contributed by atoms with Crippen LogP contribution in [0, 0.1) is 17.3 Å². The van der Waals surface area contributed by atoms with Crippen molar-refractivity contribution in [3.63, 3.8) is 0 Å². The van der Waals surface area contributed by atoms with Crippen LogP contribution in [0.1, 0.15) is 35.0 Å². The molecule has 2 amide bonds. The standard InChI is InChI=1S/C15H18N2O3S/c1-15(14(16)20)5-6-17(10-15)13(19)11-8-12(21-9-11)4-2-3-7-18/h8-9,18H,3,5-7,10H2,1H3,(H2,16,20). The number of thiophene rings is 1. The van der Waals surface area contributed by atoms with Crippen molar-refractivity contribution >= 4 is 23.2 Å². The van der Waals surface area contributed by atoms with E-state index in [4.69, 9.17) is 10.8 Å². The number of nitrogens with two attached hydrogens (primary N) is 1. The summed E-state index contributed by atoms with van der Waals surface area (Å²) in [6, 6.07) is 1.75. The van der Waals surface area contributed by atoms with Gasteiger partial charge in [-0.2, -0.15) is 0 Å². The lowest BCUT2D eigenvalue weighted by atomic mass is 9.89. The van der Waals surface area contributed by atoms with Crippen molar-refractivity contribution in [2.45, 2.75) is 19.8 Å². The van der Waals surface area contributed by atoms with Crippen molar-refractivity contribution in [3.8, 4) is 11.8 Å². The molecule has 2 heterocycles. The third-order valence-electron chi connectivity index (χ3n) is 3.65. The number of aliphatic hydroxyl groups excluding tert-OH is 1. The Labute approximate surface area is 127 Å². The van der Waals surface area contributed by atoms with Crippen LogP contribution in [-0.2, 0) is 4.79 Å². The first-order valence-corrected chi connectivity index (χ1v) is 7.62. The lowest BCUT2D eigenvalue weighted by Gasteiger charge is -2.20. The van der Waals surface area contributed by atoms with Crippen molar-refractivity contribution in [1.29, 1.82) is 0 Å². The highest BCUT2D eigenvalue weighted by Crippen LogP contribution is 2.30. The van der Waals surface area contributed by atoms with Crippen molar-refractivity contribution in [3.05, 3.63) is 21.9 Å². The summed E-state index contributed by atoms with van der Waals surface area (Å²) < 4.78 is 0. The van der Waals surface area contributed by atoms with Crippen molar-refractivity contribution in [2.24, 2.45) is 11.1 Å². The van der Waals surface area contributed by atoms with E-state index in [2.05, 4.69) is 11.8 Å². The van der Waals surface area contributed by atoms with E-state index in [1.165, 1.54) is 11.3 Å². The quantitative estimate of drug-likeness (QED) is 0.811. The summed E-state index contributed by atoms with van der Waals surface area (Å²) in [6.07, 6.45) is 1.02. The number of likely N-dealkylation sites (tertiary alicyclic amines) is 1. The average molecular weight is 306 g/mol. The Morgan fingerprint density at radius 3 is 2.95 bits per heavy atom. The molecular weight excluding hydrogens is 288 g/mol. The minimum atomic E-state index is -0.630. The highest BCUT2D eigenvalue weighted by Gasteiger charge is 2.40. The fourth-order valence-electron chi connectivity index (χ4n) is 2.24. The first-order chi connectivity index (χ1) is 9.96. The second kappa shape index (κ2) is 6.29. The highest BCUT2D eigenvalue weighted by molar-refractivity contribution is 7.10. The van der Waals surface area contributed by atoms with Gasteiger partial charge in [-0.3, -0.25) is 9.59 Å². The minimum absolute atomic E-state index is 0.0314. The molecule has 3 N–H and O–H groups in total. The summed E-state index contributed by atoms with van der Waals surface area (Å²) in [6.45, 7) is 2.73. The van der Waals surface area contributed by atoms with Gasteiger partial charge in [-0.25, -0.2) is 0 Å². The summed E-state index contributed by atoms with van der Waals surface area (Å²) >= 11 is 1.40. The zero-order valence-corrected chi connectivity index (χ0v) is 12.7.